The molecule has 0 spiro atoms. The molecule has 4 nitrogen and oxygen atoms in total. The van der Waals surface area contributed by atoms with Crippen LogP contribution in [-0.2, 0) is 0 Å². The fourth-order valence-electron chi connectivity index (χ4n) is 4.86. The normalized spacial score (nSPS) is 13.0. The molecule has 0 saturated carbocycles. The first-order valence-corrected chi connectivity index (χ1v) is 15.3. The predicted molar refractivity (Wildman–Crippen MR) is 163 cm³/mol. The highest BCUT2D eigenvalue weighted by Crippen LogP contribution is 2.44. The molecule has 0 radical (unpaired) electrons. The molecule has 2 atom stereocenters. The third-order valence-electron chi connectivity index (χ3n) is 7.00. The van der Waals surface area contributed by atoms with E-state index < -0.39 is 12.2 Å². The maximum absolute atomic E-state index is 10.6. The Hall–Kier alpha value is -2.73. The minimum absolute atomic E-state index is 0.245. The van der Waals surface area contributed by atoms with Crippen molar-refractivity contribution in [1.82, 2.24) is 0 Å². The van der Waals surface area contributed by atoms with E-state index >= 15 is 0 Å². The van der Waals surface area contributed by atoms with Crippen molar-refractivity contribution in [2.24, 2.45) is 0 Å². The van der Waals surface area contributed by atoms with Crippen LogP contribution in [0.15, 0.2) is 82.6 Å². The van der Waals surface area contributed by atoms with Crippen LogP contribution in [0, 0.1) is 0 Å². The second-order valence-corrected chi connectivity index (χ2v) is 11.4. The molecule has 0 amide bonds. The zero-order valence-electron chi connectivity index (χ0n) is 23.3. The molecule has 4 aromatic rings. The topological polar surface area (TPSA) is 58.9 Å². The summed E-state index contributed by atoms with van der Waals surface area (Å²) in [5.74, 6) is 1.53. The van der Waals surface area contributed by atoms with E-state index in [1.807, 2.05) is 36.4 Å². The molecule has 0 fully saturated rings. The van der Waals surface area contributed by atoms with Crippen molar-refractivity contribution >= 4 is 33.3 Å². The zero-order valence-corrected chi connectivity index (χ0v) is 24.1. The van der Waals surface area contributed by atoms with E-state index in [4.69, 9.17) is 9.47 Å². The van der Waals surface area contributed by atoms with Crippen molar-refractivity contribution in [3.63, 3.8) is 0 Å². The summed E-state index contributed by atoms with van der Waals surface area (Å²) >= 11 is 1.70. The van der Waals surface area contributed by atoms with Crippen LogP contribution >= 0.6 is 11.8 Å². The van der Waals surface area contributed by atoms with Crippen molar-refractivity contribution < 1.29 is 19.7 Å². The maximum atomic E-state index is 10.6. The quantitative estimate of drug-likeness (QED) is 0.109. The molecular weight excluding hydrogens is 504 g/mol. The van der Waals surface area contributed by atoms with Gasteiger partial charge in [0.15, 0.2) is 0 Å². The summed E-state index contributed by atoms with van der Waals surface area (Å²) < 4.78 is 12.8. The lowest BCUT2D eigenvalue weighted by atomic mass is 10.0. The molecule has 208 valence electrons. The Bertz CT molecular complexity index is 1310. The standard InChI is InChI=1S/C34H42O4S/c1-3-5-8-14-25(35)23-37-33-29-18-12-13-19-30(29)34(38-24-26(36)15-9-6-4-2)32-22-28(20-21-31(32)33)39-27-16-10-7-11-17-27/h7,10-13,16-22,25-26,35-36H,3-6,8-9,14-15,23-24H2,1-2H3. The molecule has 0 saturated heterocycles. The minimum Gasteiger partial charge on any atom is -0.490 e. The van der Waals surface area contributed by atoms with Crippen molar-refractivity contribution in [2.75, 3.05) is 13.2 Å². The van der Waals surface area contributed by atoms with Gasteiger partial charge in [0.05, 0.1) is 12.2 Å². The fourth-order valence-corrected chi connectivity index (χ4v) is 5.74. The molecular formula is C34H42O4S. The van der Waals surface area contributed by atoms with Gasteiger partial charge in [0.2, 0.25) is 0 Å². The summed E-state index contributed by atoms with van der Waals surface area (Å²) in [6, 6.07) is 24.8. The number of ether oxygens (including phenoxy) is 2. The van der Waals surface area contributed by atoms with Crippen molar-refractivity contribution in [2.45, 2.75) is 87.2 Å². The SMILES string of the molecule is CCCCCC(O)COc1c2ccccc2c(OCC(O)CCCCC)c2cc(Sc3ccccc3)ccc12. The van der Waals surface area contributed by atoms with Gasteiger partial charge in [-0.05, 0) is 43.2 Å². The highest BCUT2D eigenvalue weighted by molar-refractivity contribution is 7.99. The molecule has 0 bridgehead atoms. The number of hydrogen-bond acceptors (Lipinski definition) is 5. The predicted octanol–water partition coefficient (Wildman–Crippen LogP) is 8.78. The second-order valence-electron chi connectivity index (χ2n) is 10.2. The summed E-state index contributed by atoms with van der Waals surface area (Å²) in [7, 11) is 0. The van der Waals surface area contributed by atoms with Crippen LogP contribution < -0.4 is 9.47 Å². The van der Waals surface area contributed by atoms with E-state index in [0.29, 0.717) is 0 Å². The van der Waals surface area contributed by atoms with Crippen LogP contribution in [0.3, 0.4) is 0 Å². The fraction of sp³-hybridized carbons (Fsp3) is 0.412. The number of rotatable bonds is 16. The largest absolute Gasteiger partial charge is 0.490 e. The van der Waals surface area contributed by atoms with Gasteiger partial charge in [-0.2, -0.15) is 0 Å². The molecule has 0 heterocycles. The van der Waals surface area contributed by atoms with Crippen LogP contribution in [-0.4, -0.2) is 35.6 Å². The summed E-state index contributed by atoms with van der Waals surface area (Å²) in [6.07, 6.45) is 6.91. The van der Waals surface area contributed by atoms with E-state index in [9.17, 15) is 10.2 Å². The van der Waals surface area contributed by atoms with E-state index in [1.165, 1.54) is 0 Å². The third kappa shape index (κ3) is 8.14. The first kappa shape index (κ1) is 29.3. The summed E-state index contributed by atoms with van der Waals surface area (Å²) in [4.78, 5) is 2.26. The lowest BCUT2D eigenvalue weighted by molar-refractivity contribution is 0.0979. The van der Waals surface area contributed by atoms with Crippen LogP contribution in [0.5, 0.6) is 11.5 Å². The average molecular weight is 547 g/mol. The monoisotopic (exact) mass is 546 g/mol. The Morgan fingerprint density at radius 3 is 1.67 bits per heavy atom. The van der Waals surface area contributed by atoms with Gasteiger partial charge in [-0.25, -0.2) is 0 Å². The van der Waals surface area contributed by atoms with Gasteiger partial charge in [-0.15, -0.1) is 0 Å². The van der Waals surface area contributed by atoms with Crippen molar-refractivity contribution in [3.05, 3.63) is 72.8 Å². The number of unbranched alkanes of at least 4 members (excludes halogenated alkanes) is 4. The summed E-state index contributed by atoms with van der Waals surface area (Å²) in [5.41, 5.74) is 0. The number of benzene rings is 4. The van der Waals surface area contributed by atoms with Gasteiger partial charge in [-0.1, -0.05) is 107 Å². The third-order valence-corrected chi connectivity index (χ3v) is 7.99. The number of aliphatic hydroxyl groups excluding tert-OH is 2. The highest BCUT2D eigenvalue weighted by Gasteiger charge is 2.19. The molecule has 4 aromatic carbocycles. The number of fused-ring (bicyclic) bond motifs is 2. The van der Waals surface area contributed by atoms with E-state index in [1.54, 1.807) is 11.8 Å². The van der Waals surface area contributed by atoms with Gasteiger partial charge in [-0.3, -0.25) is 0 Å². The Morgan fingerprint density at radius 1 is 0.590 bits per heavy atom. The van der Waals surface area contributed by atoms with Crippen LogP contribution in [0.2, 0.25) is 0 Å². The molecule has 0 aliphatic carbocycles. The molecule has 39 heavy (non-hydrogen) atoms. The second kappa shape index (κ2) is 15.2. The Kier molecular flexibility index (Phi) is 11.4. The first-order valence-electron chi connectivity index (χ1n) is 14.4. The molecule has 4 rings (SSSR count). The molecule has 0 aromatic heterocycles. The van der Waals surface area contributed by atoms with Gasteiger partial charge in [0.1, 0.15) is 24.7 Å². The molecule has 2 N–H and O–H groups in total. The van der Waals surface area contributed by atoms with E-state index in [0.717, 1.165) is 94.2 Å². The van der Waals surface area contributed by atoms with Gasteiger partial charge >= 0.3 is 0 Å². The van der Waals surface area contributed by atoms with Gasteiger partial charge < -0.3 is 19.7 Å². The maximum Gasteiger partial charge on any atom is 0.135 e. The molecule has 0 aliphatic heterocycles. The van der Waals surface area contributed by atoms with Crippen molar-refractivity contribution in [3.8, 4) is 11.5 Å². The van der Waals surface area contributed by atoms with Gasteiger partial charge in [0, 0.05) is 31.3 Å². The first-order chi connectivity index (χ1) is 19.1. The molecule has 0 aliphatic rings. The highest BCUT2D eigenvalue weighted by atomic mass is 32.2. The van der Waals surface area contributed by atoms with Crippen LogP contribution in [0.25, 0.3) is 21.5 Å². The Morgan fingerprint density at radius 2 is 1.10 bits per heavy atom. The van der Waals surface area contributed by atoms with Crippen LogP contribution in [0.4, 0.5) is 0 Å². The number of aliphatic hydroxyl groups is 2. The average Bonchev–Trinajstić information content (AvgIpc) is 2.95. The van der Waals surface area contributed by atoms with E-state index in [-0.39, 0.29) is 13.2 Å². The lowest BCUT2D eigenvalue weighted by Crippen LogP contribution is -2.18. The zero-order chi connectivity index (χ0) is 27.5. The Labute approximate surface area is 237 Å². The molecule has 2 unspecified atom stereocenters. The lowest BCUT2D eigenvalue weighted by Gasteiger charge is -2.21. The van der Waals surface area contributed by atoms with E-state index in [2.05, 4.69) is 50.2 Å². The van der Waals surface area contributed by atoms with Gasteiger partial charge in [0.25, 0.3) is 0 Å². The summed E-state index contributed by atoms with van der Waals surface area (Å²) in [5, 5.41) is 25.0. The minimum atomic E-state index is -0.513. The summed E-state index contributed by atoms with van der Waals surface area (Å²) in [6.45, 7) is 4.83. The Balaban J connectivity index is 1.71. The van der Waals surface area contributed by atoms with Crippen molar-refractivity contribution in [1.29, 1.82) is 0 Å². The number of hydrogen-bond donors (Lipinski definition) is 2. The molecule has 5 heteroatoms. The smallest absolute Gasteiger partial charge is 0.135 e. The van der Waals surface area contributed by atoms with Crippen LogP contribution in [0.1, 0.15) is 65.2 Å².